The minimum Gasteiger partial charge on any atom is -0.491 e. The lowest BCUT2D eigenvalue weighted by Crippen LogP contribution is -2.29. The maximum atomic E-state index is 12.0. The summed E-state index contributed by atoms with van der Waals surface area (Å²) in [5, 5.41) is 11.3. The van der Waals surface area contributed by atoms with Gasteiger partial charge in [0.25, 0.3) is 0 Å². The van der Waals surface area contributed by atoms with E-state index in [9.17, 15) is 4.79 Å². The topological polar surface area (TPSA) is 76.2 Å². The molecule has 2 aromatic carbocycles. The third kappa shape index (κ3) is 3.22. The van der Waals surface area contributed by atoms with E-state index in [0.29, 0.717) is 13.0 Å². The SMILES string of the molecule is C[C@@H]1CCNC(=O)O[C@H](C)c2cccc(c2)-c2n[nH]c3ccc(cc23)O1. The second-order valence-electron chi connectivity index (χ2n) is 6.60. The van der Waals surface area contributed by atoms with Gasteiger partial charge in [-0.1, -0.05) is 18.2 Å². The quantitative estimate of drug-likeness (QED) is 0.637. The van der Waals surface area contributed by atoms with Gasteiger partial charge in [-0.25, -0.2) is 4.79 Å². The van der Waals surface area contributed by atoms with Crippen LogP contribution in [0, 0.1) is 0 Å². The van der Waals surface area contributed by atoms with Gasteiger partial charge in [-0.3, -0.25) is 5.10 Å². The molecule has 0 saturated carbocycles. The van der Waals surface area contributed by atoms with Crippen LogP contribution < -0.4 is 10.1 Å². The molecule has 1 amide bonds. The molecule has 0 saturated heterocycles. The normalized spacial score (nSPS) is 20.6. The van der Waals surface area contributed by atoms with Crippen LogP contribution in [-0.4, -0.2) is 28.9 Å². The summed E-state index contributed by atoms with van der Waals surface area (Å²) in [6.07, 6.45) is -0.123. The summed E-state index contributed by atoms with van der Waals surface area (Å²) in [5.41, 5.74) is 3.69. The van der Waals surface area contributed by atoms with Gasteiger partial charge in [-0.15, -0.1) is 0 Å². The van der Waals surface area contributed by atoms with Gasteiger partial charge in [0.2, 0.25) is 0 Å². The van der Waals surface area contributed by atoms with Crippen LogP contribution in [0.4, 0.5) is 4.79 Å². The molecule has 0 aliphatic carbocycles. The number of benzene rings is 2. The zero-order valence-corrected chi connectivity index (χ0v) is 14.8. The Balaban J connectivity index is 1.82. The highest BCUT2D eigenvalue weighted by atomic mass is 16.6. The van der Waals surface area contributed by atoms with Crippen molar-refractivity contribution in [3.05, 3.63) is 48.0 Å². The molecule has 26 heavy (non-hydrogen) atoms. The minimum atomic E-state index is -0.423. The molecule has 4 rings (SSSR count). The van der Waals surface area contributed by atoms with E-state index in [-0.39, 0.29) is 12.2 Å². The number of ether oxygens (including phenoxy) is 2. The number of hydrogen-bond acceptors (Lipinski definition) is 4. The fourth-order valence-electron chi connectivity index (χ4n) is 3.16. The highest BCUT2D eigenvalue weighted by Gasteiger charge is 2.16. The smallest absolute Gasteiger partial charge is 0.407 e. The molecule has 2 N–H and O–H groups in total. The molecule has 1 aliphatic rings. The van der Waals surface area contributed by atoms with E-state index in [4.69, 9.17) is 9.47 Å². The van der Waals surface area contributed by atoms with Crippen LogP contribution in [0.2, 0.25) is 0 Å². The van der Waals surface area contributed by atoms with Crippen molar-refractivity contribution >= 4 is 17.0 Å². The molecule has 3 aromatic rings. The van der Waals surface area contributed by atoms with Crippen molar-refractivity contribution in [2.75, 3.05) is 6.54 Å². The number of carbonyl (C=O) groups is 1. The van der Waals surface area contributed by atoms with Crippen LogP contribution in [-0.2, 0) is 4.74 Å². The zero-order valence-electron chi connectivity index (χ0n) is 14.8. The predicted molar refractivity (Wildman–Crippen MR) is 99.1 cm³/mol. The van der Waals surface area contributed by atoms with Crippen molar-refractivity contribution in [3.8, 4) is 17.0 Å². The average molecular weight is 351 g/mol. The van der Waals surface area contributed by atoms with Gasteiger partial charge in [0, 0.05) is 23.9 Å². The lowest BCUT2D eigenvalue weighted by atomic mass is 10.0. The third-order valence-electron chi connectivity index (χ3n) is 4.61. The molecular formula is C20H21N3O3. The molecule has 1 aromatic heterocycles. The van der Waals surface area contributed by atoms with Crippen molar-refractivity contribution in [3.63, 3.8) is 0 Å². The number of nitrogens with zero attached hydrogens (tertiary/aromatic N) is 1. The molecule has 6 nitrogen and oxygen atoms in total. The molecule has 1 aliphatic heterocycles. The van der Waals surface area contributed by atoms with Crippen LogP contribution in [0.15, 0.2) is 42.5 Å². The molecule has 6 heteroatoms. The second-order valence-corrected chi connectivity index (χ2v) is 6.60. The van der Waals surface area contributed by atoms with Gasteiger partial charge in [-0.05, 0) is 43.7 Å². The van der Waals surface area contributed by atoms with Crippen LogP contribution in [0.25, 0.3) is 22.2 Å². The number of carbonyl (C=O) groups excluding carboxylic acids is 1. The van der Waals surface area contributed by atoms with Gasteiger partial charge in [0.15, 0.2) is 0 Å². The summed E-state index contributed by atoms with van der Waals surface area (Å²) < 4.78 is 11.5. The maximum Gasteiger partial charge on any atom is 0.407 e. The molecule has 0 fully saturated rings. The van der Waals surface area contributed by atoms with Crippen molar-refractivity contribution in [1.29, 1.82) is 0 Å². The molecule has 4 bridgehead atoms. The Kier molecular flexibility index (Phi) is 4.24. The van der Waals surface area contributed by atoms with Gasteiger partial charge in [-0.2, -0.15) is 5.10 Å². The van der Waals surface area contributed by atoms with Gasteiger partial charge in [0.1, 0.15) is 17.5 Å². The van der Waals surface area contributed by atoms with E-state index in [0.717, 1.165) is 33.5 Å². The number of cyclic esters (lactones) is 1. The van der Waals surface area contributed by atoms with Gasteiger partial charge >= 0.3 is 6.09 Å². The lowest BCUT2D eigenvalue weighted by molar-refractivity contribution is 0.106. The predicted octanol–water partition coefficient (Wildman–Crippen LogP) is 4.19. The zero-order chi connectivity index (χ0) is 18.1. The number of nitrogens with one attached hydrogen (secondary N) is 2. The number of aromatic nitrogens is 2. The first kappa shape index (κ1) is 16.4. The average Bonchev–Trinajstić information content (AvgIpc) is 3.04. The first-order valence-electron chi connectivity index (χ1n) is 8.80. The summed E-state index contributed by atoms with van der Waals surface area (Å²) >= 11 is 0. The number of amides is 1. The molecule has 134 valence electrons. The Morgan fingerprint density at radius 2 is 2.00 bits per heavy atom. The highest BCUT2D eigenvalue weighted by Crippen LogP contribution is 2.31. The van der Waals surface area contributed by atoms with E-state index < -0.39 is 6.09 Å². The largest absolute Gasteiger partial charge is 0.491 e. The van der Waals surface area contributed by atoms with E-state index in [1.807, 2.05) is 56.3 Å². The van der Waals surface area contributed by atoms with Gasteiger partial charge < -0.3 is 14.8 Å². The van der Waals surface area contributed by atoms with Crippen molar-refractivity contribution in [2.24, 2.45) is 0 Å². The van der Waals surface area contributed by atoms with E-state index in [1.54, 1.807) is 0 Å². The van der Waals surface area contributed by atoms with E-state index in [2.05, 4.69) is 15.5 Å². The lowest BCUT2D eigenvalue weighted by Gasteiger charge is -2.16. The number of H-pyrrole nitrogens is 1. The molecule has 0 unspecified atom stereocenters. The summed E-state index contributed by atoms with van der Waals surface area (Å²) in [5.74, 6) is 0.787. The summed E-state index contributed by atoms with van der Waals surface area (Å²) in [6.45, 7) is 4.34. The van der Waals surface area contributed by atoms with Crippen molar-refractivity contribution in [1.82, 2.24) is 15.5 Å². The Hall–Kier alpha value is -3.02. The van der Waals surface area contributed by atoms with E-state index >= 15 is 0 Å². The number of rotatable bonds is 0. The molecule has 0 spiro atoms. The van der Waals surface area contributed by atoms with Crippen molar-refractivity contribution in [2.45, 2.75) is 32.5 Å². The van der Waals surface area contributed by atoms with E-state index in [1.165, 1.54) is 0 Å². The summed E-state index contributed by atoms with van der Waals surface area (Å²) in [7, 11) is 0. The second kappa shape index (κ2) is 6.71. The maximum absolute atomic E-state index is 12.0. The Morgan fingerprint density at radius 3 is 2.88 bits per heavy atom. The van der Waals surface area contributed by atoms with Gasteiger partial charge in [0.05, 0.1) is 11.6 Å². The fourth-order valence-corrected chi connectivity index (χ4v) is 3.16. The molecule has 2 heterocycles. The van der Waals surface area contributed by atoms with Crippen LogP contribution in [0.3, 0.4) is 0 Å². The molecule has 0 radical (unpaired) electrons. The summed E-state index contributed by atoms with van der Waals surface area (Å²) in [4.78, 5) is 12.0. The molecular weight excluding hydrogens is 330 g/mol. The summed E-state index contributed by atoms with van der Waals surface area (Å²) in [6, 6.07) is 13.8. The Morgan fingerprint density at radius 1 is 1.12 bits per heavy atom. The number of hydrogen-bond donors (Lipinski definition) is 2. The first-order chi connectivity index (χ1) is 12.6. The Labute approximate surface area is 151 Å². The van der Waals surface area contributed by atoms with Crippen LogP contribution in [0.5, 0.6) is 5.75 Å². The Bertz CT molecular complexity index is 950. The fraction of sp³-hybridized carbons (Fsp3) is 0.300. The number of aromatic amines is 1. The number of fused-ring (bicyclic) bond motifs is 4. The van der Waals surface area contributed by atoms with Crippen molar-refractivity contribution < 1.29 is 14.3 Å². The first-order valence-corrected chi connectivity index (χ1v) is 8.80. The highest BCUT2D eigenvalue weighted by molar-refractivity contribution is 5.93. The number of alkyl carbamates (subject to hydrolysis) is 1. The molecule has 2 atom stereocenters. The third-order valence-corrected chi connectivity index (χ3v) is 4.61. The minimum absolute atomic E-state index is 0.0355. The monoisotopic (exact) mass is 351 g/mol. The van der Waals surface area contributed by atoms with Crippen LogP contribution in [0.1, 0.15) is 31.9 Å². The van der Waals surface area contributed by atoms with Crippen LogP contribution >= 0.6 is 0 Å². The standard InChI is InChI=1S/C20H21N3O3/c1-12-8-9-21-20(24)26-13(2)14-4-3-5-15(10-14)19-17-11-16(25-12)6-7-18(17)22-23-19/h3-7,10-13H,8-9H2,1-2H3,(H,21,24)(H,22,23)/t12-,13-/m1/s1.